The molecule has 1 amide bonds. The Kier molecular flexibility index (Phi) is 8.76. The first kappa shape index (κ1) is 31.0. The van der Waals surface area contributed by atoms with Crippen LogP contribution in [0.5, 0.6) is 11.6 Å². The van der Waals surface area contributed by atoms with Crippen LogP contribution in [0.2, 0.25) is 0 Å². The lowest BCUT2D eigenvalue weighted by atomic mass is 9.85. The van der Waals surface area contributed by atoms with Crippen LogP contribution in [-0.2, 0) is 22.4 Å². The summed E-state index contributed by atoms with van der Waals surface area (Å²) in [5, 5.41) is 4.47. The van der Waals surface area contributed by atoms with E-state index in [1.807, 2.05) is 12.1 Å². The zero-order valence-electron chi connectivity index (χ0n) is 27.5. The molecule has 1 atom stereocenters. The van der Waals surface area contributed by atoms with E-state index in [0.717, 1.165) is 80.6 Å². The fourth-order valence-corrected chi connectivity index (χ4v) is 7.41. The van der Waals surface area contributed by atoms with Crippen molar-refractivity contribution in [3.8, 4) is 28.4 Å². The summed E-state index contributed by atoms with van der Waals surface area (Å²) < 4.78 is 19.2. The van der Waals surface area contributed by atoms with Gasteiger partial charge in [0.2, 0.25) is 11.8 Å². The number of carbonyl (C=O) groups is 2. The number of aromatic nitrogens is 2. The van der Waals surface area contributed by atoms with Crippen LogP contribution in [0.15, 0.2) is 66.9 Å². The quantitative estimate of drug-likeness (QED) is 0.169. The number of esters is 1. The number of benzene rings is 3. The molecule has 2 heterocycles. The van der Waals surface area contributed by atoms with Crippen molar-refractivity contribution in [2.75, 3.05) is 26.8 Å². The number of likely N-dealkylation sites (tertiary alicyclic amines) is 1. The molecule has 0 N–H and O–H groups in total. The zero-order valence-corrected chi connectivity index (χ0v) is 27.5. The van der Waals surface area contributed by atoms with Gasteiger partial charge in [-0.25, -0.2) is 9.48 Å². The Labute approximate surface area is 276 Å². The number of piperidine rings is 1. The van der Waals surface area contributed by atoms with E-state index in [-0.39, 0.29) is 12.7 Å². The second-order valence-electron chi connectivity index (χ2n) is 12.9. The highest BCUT2D eigenvalue weighted by molar-refractivity contribution is 5.92. The van der Waals surface area contributed by atoms with E-state index >= 15 is 0 Å². The van der Waals surface area contributed by atoms with Crippen LogP contribution in [0.4, 0.5) is 0 Å². The van der Waals surface area contributed by atoms with Gasteiger partial charge in [-0.2, -0.15) is 5.10 Å². The number of hydrogen-bond acceptors (Lipinski definition) is 6. The Hall–Kier alpha value is -4.59. The number of nitrogens with zero attached hydrogens (tertiary/aromatic N) is 3. The van der Waals surface area contributed by atoms with E-state index < -0.39 is 5.97 Å². The van der Waals surface area contributed by atoms with Gasteiger partial charge in [0, 0.05) is 24.6 Å². The molecule has 1 saturated heterocycles. The van der Waals surface area contributed by atoms with E-state index in [2.05, 4.69) is 65.5 Å². The summed E-state index contributed by atoms with van der Waals surface area (Å²) in [5.74, 6) is 1.93. The predicted molar refractivity (Wildman–Crippen MR) is 180 cm³/mol. The van der Waals surface area contributed by atoms with Gasteiger partial charge in [-0.1, -0.05) is 43.3 Å². The van der Waals surface area contributed by atoms with Crippen LogP contribution >= 0.6 is 0 Å². The van der Waals surface area contributed by atoms with Gasteiger partial charge in [-0.05, 0) is 110 Å². The molecule has 244 valence electrons. The Balaban J connectivity index is 1.12. The van der Waals surface area contributed by atoms with E-state index in [4.69, 9.17) is 14.2 Å². The van der Waals surface area contributed by atoms with Crippen molar-refractivity contribution in [3.05, 3.63) is 94.7 Å². The molecule has 0 bridgehead atoms. The van der Waals surface area contributed by atoms with Crippen molar-refractivity contribution < 1.29 is 23.8 Å². The highest BCUT2D eigenvalue weighted by Gasteiger charge is 2.35. The third-order valence-corrected chi connectivity index (χ3v) is 9.96. The summed E-state index contributed by atoms with van der Waals surface area (Å²) in [6.45, 7) is 6.00. The molecule has 2 aliphatic carbocycles. The fourth-order valence-electron chi connectivity index (χ4n) is 7.41. The SMILES string of the molecule is CCOC(=O)c1cnn(-c2cccc(-c3cccc4c3[C@@H](Oc3ccc(C5CCN(C(=O)C6CC6)CC5)c(CC)c3)CC4)c2)c1OC. The summed E-state index contributed by atoms with van der Waals surface area (Å²) in [6, 6.07) is 21.3. The smallest absolute Gasteiger partial charge is 0.345 e. The first-order valence-corrected chi connectivity index (χ1v) is 17.1. The summed E-state index contributed by atoms with van der Waals surface area (Å²) >= 11 is 0. The lowest BCUT2D eigenvalue weighted by Gasteiger charge is -2.33. The van der Waals surface area contributed by atoms with Crippen molar-refractivity contribution >= 4 is 11.9 Å². The Bertz CT molecular complexity index is 1780. The molecule has 3 aromatic carbocycles. The number of aryl methyl sites for hydroxylation is 2. The molecular weight excluding hydrogens is 590 g/mol. The third-order valence-electron chi connectivity index (χ3n) is 9.96. The Morgan fingerprint density at radius 1 is 0.936 bits per heavy atom. The van der Waals surface area contributed by atoms with Gasteiger partial charge in [0.05, 0.1) is 25.6 Å². The van der Waals surface area contributed by atoms with Gasteiger partial charge in [0.15, 0.2) is 0 Å². The predicted octanol–water partition coefficient (Wildman–Crippen LogP) is 7.47. The van der Waals surface area contributed by atoms with E-state index in [1.54, 1.807) is 11.6 Å². The average molecular weight is 634 g/mol. The number of ether oxygens (including phenoxy) is 3. The fraction of sp³-hybridized carbons (Fsp3) is 0.410. The number of amides is 1. The Morgan fingerprint density at radius 3 is 2.49 bits per heavy atom. The molecule has 1 aliphatic heterocycles. The van der Waals surface area contributed by atoms with Crippen molar-refractivity contribution in [2.24, 2.45) is 5.92 Å². The topological polar surface area (TPSA) is 82.9 Å². The number of methoxy groups -OCH3 is 1. The minimum atomic E-state index is -0.461. The molecule has 0 spiro atoms. The maximum absolute atomic E-state index is 12.6. The van der Waals surface area contributed by atoms with Gasteiger partial charge in [-0.15, -0.1) is 0 Å². The number of carbonyl (C=O) groups excluding carboxylic acids is 2. The van der Waals surface area contributed by atoms with Crippen molar-refractivity contribution in [2.45, 2.75) is 70.8 Å². The highest BCUT2D eigenvalue weighted by atomic mass is 16.5. The first-order chi connectivity index (χ1) is 23.0. The summed E-state index contributed by atoms with van der Waals surface area (Å²) in [6.07, 6.45) is 8.44. The van der Waals surface area contributed by atoms with Crippen molar-refractivity contribution in [3.63, 3.8) is 0 Å². The largest absolute Gasteiger partial charge is 0.486 e. The summed E-state index contributed by atoms with van der Waals surface area (Å²) in [7, 11) is 1.53. The standard InChI is InChI=1S/C39H43N3O5/c1-4-25-23-31(15-16-32(25)26-18-20-41(21-19-26)37(43)28-12-13-28)47-35-17-14-27-8-7-11-33(36(27)35)29-9-6-10-30(22-29)42-38(45-3)34(24-40-42)39(44)46-5-2/h6-11,15-16,22-24,26,28,35H,4-5,12-14,17-21H2,1-3H3/t35-/m0/s1. The highest BCUT2D eigenvalue weighted by Crippen LogP contribution is 2.43. The van der Waals surface area contributed by atoms with Crippen LogP contribution in [0.1, 0.15) is 90.6 Å². The third kappa shape index (κ3) is 6.13. The molecule has 8 heteroatoms. The van der Waals surface area contributed by atoms with Crippen LogP contribution in [-0.4, -0.2) is 53.4 Å². The zero-order chi connectivity index (χ0) is 32.5. The van der Waals surface area contributed by atoms with Gasteiger partial charge in [0.1, 0.15) is 17.4 Å². The maximum Gasteiger partial charge on any atom is 0.345 e. The monoisotopic (exact) mass is 633 g/mol. The molecule has 0 unspecified atom stereocenters. The van der Waals surface area contributed by atoms with E-state index in [1.165, 1.54) is 35.6 Å². The number of rotatable bonds is 10. The van der Waals surface area contributed by atoms with Crippen LogP contribution in [0.3, 0.4) is 0 Å². The molecule has 8 nitrogen and oxygen atoms in total. The van der Waals surface area contributed by atoms with Gasteiger partial charge >= 0.3 is 5.97 Å². The second kappa shape index (κ2) is 13.3. The summed E-state index contributed by atoms with van der Waals surface area (Å²) in [4.78, 5) is 27.2. The van der Waals surface area contributed by atoms with Crippen molar-refractivity contribution in [1.29, 1.82) is 0 Å². The minimum Gasteiger partial charge on any atom is -0.486 e. The molecule has 3 aliphatic rings. The van der Waals surface area contributed by atoms with Crippen molar-refractivity contribution in [1.82, 2.24) is 14.7 Å². The number of hydrogen-bond donors (Lipinski definition) is 0. The molecule has 2 fully saturated rings. The Morgan fingerprint density at radius 2 is 1.74 bits per heavy atom. The van der Waals surface area contributed by atoms with E-state index in [9.17, 15) is 9.59 Å². The molecule has 47 heavy (non-hydrogen) atoms. The lowest BCUT2D eigenvalue weighted by molar-refractivity contribution is -0.133. The van der Waals surface area contributed by atoms with Crippen LogP contribution < -0.4 is 9.47 Å². The molecule has 0 radical (unpaired) electrons. The molecule has 1 saturated carbocycles. The maximum atomic E-state index is 12.6. The van der Waals surface area contributed by atoms with E-state index in [0.29, 0.717) is 29.2 Å². The normalized spacial score (nSPS) is 17.8. The molecule has 7 rings (SSSR count). The van der Waals surface area contributed by atoms with Gasteiger partial charge in [0.25, 0.3) is 0 Å². The molecular formula is C39H43N3O5. The lowest BCUT2D eigenvalue weighted by Crippen LogP contribution is -2.38. The second-order valence-corrected chi connectivity index (χ2v) is 12.9. The van der Waals surface area contributed by atoms with Gasteiger partial charge in [-0.3, -0.25) is 4.79 Å². The number of fused-ring (bicyclic) bond motifs is 1. The molecule has 4 aromatic rings. The van der Waals surface area contributed by atoms with Crippen LogP contribution in [0.25, 0.3) is 16.8 Å². The summed E-state index contributed by atoms with van der Waals surface area (Å²) in [5.41, 5.74) is 8.52. The van der Waals surface area contributed by atoms with Crippen LogP contribution in [0, 0.1) is 5.92 Å². The van der Waals surface area contributed by atoms with Gasteiger partial charge < -0.3 is 19.1 Å². The minimum absolute atomic E-state index is 0.0632. The first-order valence-electron chi connectivity index (χ1n) is 17.1. The molecule has 1 aromatic heterocycles. The average Bonchev–Trinajstić information content (AvgIpc) is 3.74.